The van der Waals surface area contributed by atoms with Crippen LogP contribution in [-0.4, -0.2) is 38.5 Å². The van der Waals surface area contributed by atoms with E-state index >= 15 is 0 Å². The van der Waals surface area contributed by atoms with Crippen LogP contribution in [0.2, 0.25) is 0 Å². The Morgan fingerprint density at radius 1 is 1.28 bits per heavy atom. The number of carboxylic acids is 2. The first kappa shape index (κ1) is 18.6. The third-order valence-electron chi connectivity index (χ3n) is 3.41. The topological polar surface area (TPSA) is 118 Å². The summed E-state index contributed by atoms with van der Waals surface area (Å²) >= 11 is 1.87. The normalized spacial score (nSPS) is 11.0. The highest BCUT2D eigenvalue weighted by molar-refractivity contribution is 7.19. The molecule has 0 aliphatic heterocycles. The van der Waals surface area contributed by atoms with E-state index < -0.39 is 11.9 Å². The Hall–Kier alpha value is -2.71. The maximum absolute atomic E-state index is 9.55. The minimum Gasteiger partial charge on any atom is -0.478 e. The molecule has 0 aliphatic carbocycles. The maximum atomic E-state index is 9.55. The van der Waals surface area contributed by atoms with Crippen LogP contribution in [0.4, 0.5) is 0 Å². The molecule has 0 aliphatic rings. The number of hydrogen-bond acceptors (Lipinski definition) is 5. The van der Waals surface area contributed by atoms with E-state index in [-0.39, 0.29) is 0 Å². The van der Waals surface area contributed by atoms with Crippen molar-refractivity contribution in [3.63, 3.8) is 0 Å². The predicted octanol–water partition coefficient (Wildman–Crippen LogP) is 2.48. The summed E-state index contributed by atoms with van der Waals surface area (Å²) in [4.78, 5) is 20.5. The molecule has 0 saturated carbocycles. The van der Waals surface area contributed by atoms with Crippen LogP contribution >= 0.6 is 11.3 Å². The van der Waals surface area contributed by atoms with Crippen molar-refractivity contribution in [2.24, 2.45) is 5.73 Å². The Balaban J connectivity index is 0.000000242. The molecule has 0 unspecified atom stereocenters. The minimum atomic E-state index is -1.26. The zero-order chi connectivity index (χ0) is 18.4. The van der Waals surface area contributed by atoms with Gasteiger partial charge in [-0.2, -0.15) is 5.10 Å². The molecule has 3 rings (SSSR count). The molecule has 0 radical (unpaired) electrons. The first-order chi connectivity index (χ1) is 12.0. The van der Waals surface area contributed by atoms with Gasteiger partial charge >= 0.3 is 11.9 Å². The zero-order valence-electron chi connectivity index (χ0n) is 13.7. The first-order valence-electron chi connectivity index (χ1n) is 7.67. The minimum absolute atomic E-state index is 0.558. The number of aliphatic carboxylic acids is 2. The molecule has 0 atom stereocenters. The second-order valence-electron chi connectivity index (χ2n) is 5.15. The van der Waals surface area contributed by atoms with Crippen LogP contribution in [0.3, 0.4) is 0 Å². The highest BCUT2D eigenvalue weighted by Gasteiger charge is 2.09. The van der Waals surface area contributed by atoms with Crippen LogP contribution in [0.25, 0.3) is 21.0 Å². The molecule has 0 amide bonds. The molecule has 2 heterocycles. The number of aromatic nitrogens is 2. The molecular weight excluding hydrogens is 342 g/mol. The molecule has 1 aromatic carbocycles. The number of nitrogens with zero attached hydrogens (tertiary/aromatic N) is 2. The standard InChI is InChI=1S/C13H15N3S.C4H4O4/c1-2-10-7-11-12(17-10)4-3-9-8-15-16(6-5-14)13(9)11;5-3(6)1-2-4(7)8/h3-4,7-8H,2,5-6,14H2,1H3;1-2H,(H,5,6)(H,7,8)/b;2-1+. The van der Waals surface area contributed by atoms with Gasteiger partial charge in [0.1, 0.15) is 0 Å². The highest BCUT2D eigenvalue weighted by Crippen LogP contribution is 2.32. The molecule has 4 N–H and O–H groups in total. The van der Waals surface area contributed by atoms with Crippen LogP contribution in [0, 0.1) is 0 Å². The molecule has 0 fully saturated rings. The Morgan fingerprint density at radius 2 is 1.96 bits per heavy atom. The number of hydrogen-bond donors (Lipinski definition) is 3. The summed E-state index contributed by atoms with van der Waals surface area (Å²) in [7, 11) is 0. The van der Waals surface area contributed by atoms with Gasteiger partial charge in [-0.05, 0) is 24.6 Å². The number of aryl methyl sites for hydroxylation is 1. The third kappa shape index (κ3) is 4.65. The number of thiophene rings is 1. The summed E-state index contributed by atoms with van der Waals surface area (Å²) in [6.45, 7) is 3.59. The predicted molar refractivity (Wildman–Crippen MR) is 98.0 cm³/mol. The van der Waals surface area contributed by atoms with Crippen molar-refractivity contribution in [1.29, 1.82) is 0 Å². The fourth-order valence-electron chi connectivity index (χ4n) is 2.36. The van der Waals surface area contributed by atoms with Gasteiger partial charge in [0.15, 0.2) is 0 Å². The van der Waals surface area contributed by atoms with E-state index in [1.165, 1.54) is 25.9 Å². The number of carboxylic acid groups (broad SMARTS) is 2. The van der Waals surface area contributed by atoms with Crippen LogP contribution in [-0.2, 0) is 22.6 Å². The molecule has 0 saturated heterocycles. The van der Waals surface area contributed by atoms with Gasteiger partial charge in [0.05, 0.1) is 18.3 Å². The Kier molecular flexibility index (Phi) is 6.26. The van der Waals surface area contributed by atoms with Gasteiger partial charge in [-0.15, -0.1) is 11.3 Å². The van der Waals surface area contributed by atoms with Crippen LogP contribution in [0.1, 0.15) is 11.8 Å². The van der Waals surface area contributed by atoms with E-state index in [0.717, 1.165) is 13.0 Å². The second-order valence-corrected chi connectivity index (χ2v) is 6.32. The van der Waals surface area contributed by atoms with Gasteiger partial charge in [0, 0.05) is 39.0 Å². The van der Waals surface area contributed by atoms with Crippen molar-refractivity contribution >= 4 is 44.3 Å². The fraction of sp³-hybridized carbons (Fsp3) is 0.235. The lowest BCUT2D eigenvalue weighted by atomic mass is 10.2. The van der Waals surface area contributed by atoms with Crippen molar-refractivity contribution in [2.45, 2.75) is 19.9 Å². The Bertz CT molecular complexity index is 911. The van der Waals surface area contributed by atoms with Gasteiger partial charge < -0.3 is 15.9 Å². The average molecular weight is 361 g/mol. The zero-order valence-corrected chi connectivity index (χ0v) is 14.5. The van der Waals surface area contributed by atoms with Crippen LogP contribution in [0.5, 0.6) is 0 Å². The van der Waals surface area contributed by atoms with E-state index in [1.807, 2.05) is 22.2 Å². The summed E-state index contributed by atoms with van der Waals surface area (Å²) < 4.78 is 3.36. The van der Waals surface area contributed by atoms with E-state index in [4.69, 9.17) is 15.9 Å². The maximum Gasteiger partial charge on any atom is 0.328 e. The first-order valence-corrected chi connectivity index (χ1v) is 8.48. The van der Waals surface area contributed by atoms with Gasteiger partial charge in [-0.1, -0.05) is 6.92 Å². The summed E-state index contributed by atoms with van der Waals surface area (Å²) in [6.07, 6.45) is 4.13. The molecule has 0 bridgehead atoms. The van der Waals surface area contributed by atoms with Gasteiger partial charge in [-0.3, -0.25) is 4.68 Å². The summed E-state index contributed by atoms with van der Waals surface area (Å²) in [5.74, 6) is -2.51. The third-order valence-corrected chi connectivity index (χ3v) is 4.65. The highest BCUT2D eigenvalue weighted by atomic mass is 32.1. The fourth-order valence-corrected chi connectivity index (χ4v) is 3.36. The van der Waals surface area contributed by atoms with Crippen LogP contribution < -0.4 is 5.73 Å². The van der Waals surface area contributed by atoms with Crippen LogP contribution in [0.15, 0.2) is 36.5 Å². The largest absolute Gasteiger partial charge is 0.478 e. The molecule has 0 spiro atoms. The lowest BCUT2D eigenvalue weighted by Gasteiger charge is -2.01. The number of benzene rings is 1. The number of carbonyl (C=O) groups is 2. The SMILES string of the molecule is CCc1cc2c(ccc3cnn(CCN)c32)s1.O=C(O)/C=C/C(=O)O. The quantitative estimate of drug-likeness (QED) is 0.601. The Morgan fingerprint density at radius 3 is 2.52 bits per heavy atom. The molecule has 7 nitrogen and oxygen atoms in total. The smallest absolute Gasteiger partial charge is 0.328 e. The number of nitrogens with two attached hydrogens (primary N) is 1. The molecular formula is C17H19N3O4S. The van der Waals surface area contributed by atoms with Crippen molar-refractivity contribution in [1.82, 2.24) is 9.78 Å². The molecule has 25 heavy (non-hydrogen) atoms. The van der Waals surface area contributed by atoms with Crippen molar-refractivity contribution < 1.29 is 19.8 Å². The van der Waals surface area contributed by atoms with E-state index in [9.17, 15) is 9.59 Å². The summed E-state index contributed by atoms with van der Waals surface area (Å²) in [5, 5.41) is 22.6. The molecule has 3 aromatic rings. The van der Waals surface area contributed by atoms with Crippen molar-refractivity contribution in [2.75, 3.05) is 6.54 Å². The second kappa shape index (κ2) is 8.41. The molecule has 132 valence electrons. The van der Waals surface area contributed by atoms with Crippen molar-refractivity contribution in [3.05, 3.63) is 41.4 Å². The van der Waals surface area contributed by atoms with Gasteiger partial charge in [0.25, 0.3) is 0 Å². The Labute approximate surface area is 148 Å². The monoisotopic (exact) mass is 361 g/mol. The number of rotatable bonds is 5. The molecule has 8 heteroatoms. The molecule has 2 aromatic heterocycles. The van der Waals surface area contributed by atoms with Gasteiger partial charge in [-0.25, -0.2) is 9.59 Å². The van der Waals surface area contributed by atoms with Crippen molar-refractivity contribution in [3.8, 4) is 0 Å². The summed E-state index contributed by atoms with van der Waals surface area (Å²) in [5.41, 5.74) is 6.85. The lowest BCUT2D eigenvalue weighted by molar-refractivity contribution is -0.134. The van der Waals surface area contributed by atoms with Gasteiger partial charge in [0.2, 0.25) is 0 Å². The number of fused-ring (bicyclic) bond motifs is 3. The average Bonchev–Trinajstić information content (AvgIpc) is 3.17. The van der Waals surface area contributed by atoms with E-state index in [0.29, 0.717) is 18.7 Å². The van der Waals surface area contributed by atoms with E-state index in [1.54, 1.807) is 0 Å². The summed E-state index contributed by atoms with van der Waals surface area (Å²) in [6, 6.07) is 6.63. The lowest BCUT2D eigenvalue weighted by Crippen LogP contribution is -2.10. The van der Waals surface area contributed by atoms with E-state index in [2.05, 4.69) is 30.2 Å².